The molecule has 0 heterocycles. The summed E-state index contributed by atoms with van der Waals surface area (Å²) in [6.07, 6.45) is 0. The number of nitrogens with two attached hydrogens (primary N) is 1. The third-order valence-corrected chi connectivity index (χ3v) is 1.62. The second kappa shape index (κ2) is 3.62. The topological polar surface area (TPSA) is 43.1 Å². The average Bonchev–Trinajstić information content (AvgIpc) is 2.08. The van der Waals surface area contributed by atoms with Crippen LogP contribution in [0.2, 0.25) is 0 Å². The number of rotatable bonds is 2. The zero-order valence-corrected chi connectivity index (χ0v) is 7.05. The van der Waals surface area contributed by atoms with Crippen LogP contribution in [0.25, 0.3) is 0 Å². The molecule has 0 aliphatic carbocycles. The Morgan fingerprint density at radius 1 is 1.38 bits per heavy atom. The summed E-state index contributed by atoms with van der Waals surface area (Å²) in [6.45, 7) is 1.49. The molecule has 1 unspecified atom stereocenters. The summed E-state index contributed by atoms with van der Waals surface area (Å²) in [5.41, 5.74) is 5.38. The third-order valence-electron chi connectivity index (χ3n) is 1.62. The first-order valence-electron chi connectivity index (χ1n) is 3.77. The number of ketones is 1. The molecule has 0 aromatic heterocycles. The molecule has 4 heteroatoms. The Morgan fingerprint density at radius 2 is 2.00 bits per heavy atom. The molecule has 2 N–H and O–H groups in total. The summed E-state index contributed by atoms with van der Waals surface area (Å²) in [5.74, 6) is -2.41. The van der Waals surface area contributed by atoms with Crippen LogP contribution in [0.15, 0.2) is 18.2 Å². The molecule has 0 saturated carbocycles. The van der Waals surface area contributed by atoms with Gasteiger partial charge in [-0.25, -0.2) is 8.78 Å². The van der Waals surface area contributed by atoms with Gasteiger partial charge in [0.2, 0.25) is 0 Å². The van der Waals surface area contributed by atoms with Crippen LogP contribution in [-0.4, -0.2) is 11.8 Å². The molecule has 0 fully saturated rings. The van der Waals surface area contributed by atoms with Crippen molar-refractivity contribution < 1.29 is 13.6 Å². The van der Waals surface area contributed by atoms with Gasteiger partial charge in [0.25, 0.3) is 0 Å². The predicted molar refractivity (Wildman–Crippen MR) is 44.3 cm³/mol. The molecule has 1 aromatic rings. The molecule has 0 aliphatic heterocycles. The third kappa shape index (κ3) is 2.09. The van der Waals surface area contributed by atoms with Gasteiger partial charge in [-0.2, -0.15) is 0 Å². The number of halogens is 2. The SMILES string of the molecule is CC(N)C(=O)c1ccc(F)c(F)c1. The molecular formula is C9H9F2NO. The molecule has 1 rings (SSSR count). The first-order valence-corrected chi connectivity index (χ1v) is 3.77. The van der Waals surface area contributed by atoms with Gasteiger partial charge >= 0.3 is 0 Å². The molecular weight excluding hydrogens is 176 g/mol. The summed E-state index contributed by atoms with van der Waals surface area (Å²) < 4.78 is 25.1. The minimum Gasteiger partial charge on any atom is -0.321 e. The Hall–Kier alpha value is -1.29. The van der Waals surface area contributed by atoms with Crippen LogP contribution in [0.1, 0.15) is 17.3 Å². The molecule has 13 heavy (non-hydrogen) atoms. The predicted octanol–water partition coefficient (Wildman–Crippen LogP) is 1.49. The van der Waals surface area contributed by atoms with E-state index in [2.05, 4.69) is 0 Å². The summed E-state index contributed by atoms with van der Waals surface area (Å²) in [5, 5.41) is 0. The average molecular weight is 185 g/mol. The molecule has 0 radical (unpaired) electrons. The van der Waals surface area contributed by atoms with Crippen molar-refractivity contribution in [2.45, 2.75) is 13.0 Å². The minimum absolute atomic E-state index is 0.0916. The highest BCUT2D eigenvalue weighted by atomic mass is 19.2. The molecule has 0 aliphatic rings. The van der Waals surface area contributed by atoms with Crippen LogP contribution >= 0.6 is 0 Å². The van der Waals surface area contributed by atoms with Crippen molar-refractivity contribution >= 4 is 5.78 Å². The number of carbonyl (C=O) groups is 1. The summed E-state index contributed by atoms with van der Waals surface area (Å²) in [6, 6.07) is 2.26. The van der Waals surface area contributed by atoms with E-state index >= 15 is 0 Å². The van der Waals surface area contributed by atoms with E-state index < -0.39 is 23.5 Å². The van der Waals surface area contributed by atoms with Crippen LogP contribution in [0.4, 0.5) is 8.78 Å². The number of carbonyl (C=O) groups excluding carboxylic acids is 1. The summed E-state index contributed by atoms with van der Waals surface area (Å²) >= 11 is 0. The lowest BCUT2D eigenvalue weighted by Crippen LogP contribution is -2.26. The van der Waals surface area contributed by atoms with Crippen LogP contribution in [0.3, 0.4) is 0 Å². The molecule has 0 amide bonds. The van der Waals surface area contributed by atoms with Crippen molar-refractivity contribution in [2.75, 3.05) is 0 Å². The van der Waals surface area contributed by atoms with E-state index in [0.717, 1.165) is 12.1 Å². The van der Waals surface area contributed by atoms with E-state index in [-0.39, 0.29) is 5.56 Å². The van der Waals surface area contributed by atoms with Gasteiger partial charge in [-0.05, 0) is 25.1 Å². The van der Waals surface area contributed by atoms with Gasteiger partial charge in [0.1, 0.15) is 0 Å². The molecule has 1 atom stereocenters. The Labute approximate surface area is 74.4 Å². The van der Waals surface area contributed by atoms with Crippen molar-refractivity contribution in [3.8, 4) is 0 Å². The van der Waals surface area contributed by atoms with Crippen molar-refractivity contribution in [2.24, 2.45) is 5.73 Å². The maximum atomic E-state index is 12.6. The van der Waals surface area contributed by atoms with E-state index in [1.54, 1.807) is 0 Å². The fourth-order valence-corrected chi connectivity index (χ4v) is 0.912. The smallest absolute Gasteiger partial charge is 0.179 e. The van der Waals surface area contributed by atoms with Gasteiger partial charge in [0.05, 0.1) is 6.04 Å². The second-order valence-electron chi connectivity index (χ2n) is 2.78. The zero-order valence-electron chi connectivity index (χ0n) is 7.05. The maximum Gasteiger partial charge on any atom is 0.179 e. The van der Waals surface area contributed by atoms with Gasteiger partial charge in [0, 0.05) is 5.56 Å². The van der Waals surface area contributed by atoms with Gasteiger partial charge < -0.3 is 5.73 Å². The van der Waals surface area contributed by atoms with Crippen molar-refractivity contribution in [3.63, 3.8) is 0 Å². The molecule has 2 nitrogen and oxygen atoms in total. The lowest BCUT2D eigenvalue weighted by Gasteiger charge is -2.03. The standard InChI is InChI=1S/C9H9F2NO/c1-5(12)9(13)6-2-3-7(10)8(11)4-6/h2-5H,12H2,1H3. The van der Waals surface area contributed by atoms with E-state index in [1.165, 1.54) is 13.0 Å². The molecule has 0 saturated heterocycles. The molecule has 1 aromatic carbocycles. The van der Waals surface area contributed by atoms with Crippen molar-refractivity contribution in [1.29, 1.82) is 0 Å². The van der Waals surface area contributed by atoms with Gasteiger partial charge in [-0.1, -0.05) is 0 Å². The fourth-order valence-electron chi connectivity index (χ4n) is 0.912. The number of benzene rings is 1. The zero-order chi connectivity index (χ0) is 10.0. The monoisotopic (exact) mass is 185 g/mol. The fraction of sp³-hybridized carbons (Fsp3) is 0.222. The summed E-state index contributed by atoms with van der Waals surface area (Å²) in [4.78, 5) is 11.2. The molecule has 0 bridgehead atoms. The highest BCUT2D eigenvalue weighted by Crippen LogP contribution is 2.09. The highest BCUT2D eigenvalue weighted by molar-refractivity contribution is 5.99. The molecule has 70 valence electrons. The van der Waals surface area contributed by atoms with Crippen LogP contribution in [-0.2, 0) is 0 Å². The normalized spacial score (nSPS) is 12.6. The quantitative estimate of drug-likeness (QED) is 0.709. The lowest BCUT2D eigenvalue weighted by atomic mass is 10.1. The van der Waals surface area contributed by atoms with Crippen molar-refractivity contribution in [1.82, 2.24) is 0 Å². The highest BCUT2D eigenvalue weighted by Gasteiger charge is 2.12. The Bertz CT molecular complexity index is 336. The van der Waals surface area contributed by atoms with Crippen LogP contribution < -0.4 is 5.73 Å². The number of Topliss-reactive ketones (excluding diaryl/α,β-unsaturated/α-hetero) is 1. The van der Waals surface area contributed by atoms with Crippen LogP contribution in [0.5, 0.6) is 0 Å². The number of hydrogen-bond donors (Lipinski definition) is 1. The van der Waals surface area contributed by atoms with E-state index in [4.69, 9.17) is 5.73 Å². The second-order valence-corrected chi connectivity index (χ2v) is 2.78. The molecule has 0 spiro atoms. The lowest BCUT2D eigenvalue weighted by molar-refractivity contribution is 0.0967. The van der Waals surface area contributed by atoms with Gasteiger partial charge in [0.15, 0.2) is 17.4 Å². The number of hydrogen-bond acceptors (Lipinski definition) is 2. The van der Waals surface area contributed by atoms with Crippen LogP contribution in [0, 0.1) is 11.6 Å². The first kappa shape index (κ1) is 9.80. The van der Waals surface area contributed by atoms with Gasteiger partial charge in [-0.15, -0.1) is 0 Å². The first-order chi connectivity index (χ1) is 6.02. The Kier molecular flexibility index (Phi) is 2.72. The van der Waals surface area contributed by atoms with E-state index in [9.17, 15) is 13.6 Å². The maximum absolute atomic E-state index is 12.6. The Balaban J connectivity index is 3.04. The van der Waals surface area contributed by atoms with E-state index in [0.29, 0.717) is 0 Å². The summed E-state index contributed by atoms with van der Waals surface area (Å²) in [7, 11) is 0. The van der Waals surface area contributed by atoms with Gasteiger partial charge in [-0.3, -0.25) is 4.79 Å². The van der Waals surface area contributed by atoms with E-state index in [1.807, 2.05) is 0 Å². The van der Waals surface area contributed by atoms with Crippen molar-refractivity contribution in [3.05, 3.63) is 35.4 Å². The Morgan fingerprint density at radius 3 is 2.46 bits per heavy atom. The minimum atomic E-state index is -1.04. The largest absolute Gasteiger partial charge is 0.321 e.